The largest absolute Gasteiger partial charge is 0.380 e. The Kier molecular flexibility index (Phi) is 9.14. The lowest BCUT2D eigenvalue weighted by molar-refractivity contribution is -0.109. The minimum absolute atomic E-state index is 0.361. The maximum absolute atomic E-state index is 11.1. The molecule has 0 atom stereocenters. The summed E-state index contributed by atoms with van der Waals surface area (Å²) in [5.41, 5.74) is 9.82. The third-order valence-electron chi connectivity index (χ3n) is 7.00. The van der Waals surface area contributed by atoms with Crippen molar-refractivity contribution in [1.82, 2.24) is 0 Å². The zero-order valence-electron chi connectivity index (χ0n) is 22.6. The third kappa shape index (κ3) is 6.20. The van der Waals surface area contributed by atoms with Crippen LogP contribution < -0.4 is 0 Å². The predicted octanol–water partition coefficient (Wildman–Crippen LogP) is 9.21. The second-order valence-electron chi connectivity index (χ2n) is 9.40. The highest BCUT2D eigenvalue weighted by Gasteiger charge is 2.33. The second kappa shape index (κ2) is 12.7. The van der Waals surface area contributed by atoms with E-state index < -0.39 is 5.60 Å². The number of rotatable bonds is 1. The van der Waals surface area contributed by atoms with E-state index >= 15 is 0 Å². The molecule has 0 aromatic heterocycles. The van der Waals surface area contributed by atoms with Crippen molar-refractivity contribution < 1.29 is 9.90 Å². The minimum atomic E-state index is -0.892. The third-order valence-corrected chi connectivity index (χ3v) is 7.00. The normalized spacial score (nSPS) is 13.4. The van der Waals surface area contributed by atoms with E-state index in [2.05, 4.69) is 110 Å². The average molecular weight is 533 g/mol. The van der Waals surface area contributed by atoms with Crippen LogP contribution in [-0.2, 0) is 10.4 Å². The number of benzene rings is 4. The maximum atomic E-state index is 11.1. The molecule has 0 aliphatic heterocycles. The van der Waals surface area contributed by atoms with Crippen LogP contribution in [0.2, 0.25) is 0 Å². The highest BCUT2D eigenvalue weighted by molar-refractivity contribution is 6.62. The SMILES string of the molecule is CC(=O)Cl.CC=C1c2ccccc2C=Cc2ccccc21.CCC1(O)c2ccccc2C=Cc2ccccc21. The summed E-state index contributed by atoms with van der Waals surface area (Å²) in [5, 5.41) is 10.8. The first-order valence-electron chi connectivity index (χ1n) is 13.2. The van der Waals surface area contributed by atoms with Crippen molar-refractivity contribution in [2.75, 3.05) is 0 Å². The number of halogens is 1. The summed E-state index contributed by atoms with van der Waals surface area (Å²) < 4.78 is 0. The smallest absolute Gasteiger partial charge is 0.218 e. The Morgan fingerprint density at radius 1 is 0.692 bits per heavy atom. The monoisotopic (exact) mass is 532 g/mol. The summed E-state index contributed by atoms with van der Waals surface area (Å²) in [6.45, 7) is 5.43. The molecule has 6 rings (SSSR count). The Hall–Kier alpha value is -3.98. The lowest BCUT2D eigenvalue weighted by Crippen LogP contribution is -2.27. The molecule has 4 aromatic carbocycles. The fraction of sp³-hybridized carbons (Fsp3) is 0.139. The van der Waals surface area contributed by atoms with E-state index in [1.807, 2.05) is 43.3 Å². The summed E-state index contributed by atoms with van der Waals surface area (Å²) >= 11 is 4.64. The second-order valence-corrected chi connectivity index (χ2v) is 9.93. The van der Waals surface area contributed by atoms with Crippen LogP contribution in [-0.4, -0.2) is 10.3 Å². The van der Waals surface area contributed by atoms with E-state index in [1.54, 1.807) is 0 Å². The first-order valence-corrected chi connectivity index (χ1v) is 13.6. The van der Waals surface area contributed by atoms with Gasteiger partial charge in [0.1, 0.15) is 5.60 Å². The van der Waals surface area contributed by atoms with E-state index in [4.69, 9.17) is 0 Å². The molecule has 39 heavy (non-hydrogen) atoms. The number of fused-ring (bicyclic) bond motifs is 4. The summed E-state index contributed by atoms with van der Waals surface area (Å²) in [7, 11) is 0. The quantitative estimate of drug-likeness (QED) is 0.218. The molecule has 0 bridgehead atoms. The summed E-state index contributed by atoms with van der Waals surface area (Å²) in [5.74, 6) is 0. The van der Waals surface area contributed by atoms with Crippen LogP contribution in [0.4, 0.5) is 0 Å². The van der Waals surface area contributed by atoms with Crippen molar-refractivity contribution in [2.45, 2.75) is 32.8 Å². The molecule has 0 heterocycles. The standard InChI is InChI=1S/C17H16O.C17H14.C2H3ClO/c1-2-17(18)15-9-5-3-7-13(15)11-12-14-8-4-6-10-16(14)17;1-2-15-16-9-5-3-7-13(16)11-12-14-8-4-6-10-17(14)15;1-2(3)4/h3-12,18H,2H2,1H3;2-12H,1H3;1H3. The van der Waals surface area contributed by atoms with Crippen molar-refractivity contribution in [1.29, 1.82) is 0 Å². The van der Waals surface area contributed by atoms with Gasteiger partial charge in [0.25, 0.3) is 0 Å². The Labute approximate surface area is 236 Å². The van der Waals surface area contributed by atoms with E-state index in [0.29, 0.717) is 6.42 Å². The lowest BCUT2D eigenvalue weighted by Gasteiger charge is -2.29. The van der Waals surface area contributed by atoms with Crippen LogP contribution in [0.1, 0.15) is 71.7 Å². The fourth-order valence-corrected chi connectivity index (χ4v) is 5.15. The molecule has 3 heteroatoms. The molecular formula is C36H33ClO2. The first kappa shape index (κ1) is 28.0. The topological polar surface area (TPSA) is 37.3 Å². The molecule has 2 aliphatic rings. The Morgan fingerprint density at radius 2 is 1.03 bits per heavy atom. The zero-order chi connectivity index (χ0) is 27.8. The lowest BCUT2D eigenvalue weighted by atomic mass is 9.81. The molecule has 2 nitrogen and oxygen atoms in total. The number of hydrogen-bond donors (Lipinski definition) is 1. The molecule has 0 radical (unpaired) electrons. The summed E-state index contributed by atoms with van der Waals surface area (Å²) in [4.78, 5) is 9.21. The zero-order valence-corrected chi connectivity index (χ0v) is 23.3. The molecule has 0 unspecified atom stereocenters. The van der Waals surface area contributed by atoms with Crippen LogP contribution in [0.15, 0.2) is 103 Å². The van der Waals surface area contributed by atoms with Gasteiger partial charge in [-0.1, -0.05) is 134 Å². The molecule has 0 saturated carbocycles. The minimum Gasteiger partial charge on any atom is -0.380 e. The van der Waals surface area contributed by atoms with E-state index in [0.717, 1.165) is 22.3 Å². The van der Waals surface area contributed by atoms with Gasteiger partial charge in [-0.25, -0.2) is 0 Å². The number of carbonyl (C=O) groups excluding carboxylic acids is 1. The van der Waals surface area contributed by atoms with Gasteiger partial charge in [0.15, 0.2) is 0 Å². The van der Waals surface area contributed by atoms with Gasteiger partial charge in [-0.2, -0.15) is 0 Å². The van der Waals surface area contributed by atoms with E-state index in [9.17, 15) is 9.90 Å². The number of aliphatic hydroxyl groups is 1. The predicted molar refractivity (Wildman–Crippen MR) is 166 cm³/mol. The summed E-state index contributed by atoms with van der Waals surface area (Å²) in [6.07, 6.45) is 11.4. The van der Waals surface area contributed by atoms with Crippen molar-refractivity contribution >= 4 is 46.7 Å². The van der Waals surface area contributed by atoms with Gasteiger partial charge in [0.2, 0.25) is 5.24 Å². The first-order chi connectivity index (χ1) is 18.9. The number of carbonyl (C=O) groups is 1. The van der Waals surface area contributed by atoms with Crippen LogP contribution in [0.3, 0.4) is 0 Å². The van der Waals surface area contributed by atoms with E-state index in [1.165, 1.54) is 34.8 Å². The van der Waals surface area contributed by atoms with Gasteiger partial charge in [-0.05, 0) is 75.0 Å². The molecule has 0 saturated heterocycles. The highest BCUT2D eigenvalue weighted by Crippen LogP contribution is 2.40. The molecule has 0 spiro atoms. The van der Waals surface area contributed by atoms with Gasteiger partial charge in [0, 0.05) is 6.92 Å². The van der Waals surface area contributed by atoms with Crippen molar-refractivity contribution in [3.05, 3.63) is 148 Å². The molecular weight excluding hydrogens is 500 g/mol. The van der Waals surface area contributed by atoms with Gasteiger partial charge < -0.3 is 5.11 Å². The van der Waals surface area contributed by atoms with Crippen molar-refractivity contribution in [2.24, 2.45) is 0 Å². The fourth-order valence-electron chi connectivity index (χ4n) is 5.15. The molecule has 4 aromatic rings. The van der Waals surface area contributed by atoms with Gasteiger partial charge >= 0.3 is 0 Å². The average Bonchev–Trinajstić information content (AvgIpc) is 3.20. The van der Waals surface area contributed by atoms with Gasteiger partial charge in [0.05, 0.1) is 0 Å². The molecule has 0 fully saturated rings. The van der Waals surface area contributed by atoms with Gasteiger partial charge in [-0.15, -0.1) is 0 Å². The van der Waals surface area contributed by atoms with E-state index in [-0.39, 0.29) is 5.24 Å². The van der Waals surface area contributed by atoms with Crippen LogP contribution in [0, 0.1) is 0 Å². The van der Waals surface area contributed by atoms with Crippen LogP contribution in [0.5, 0.6) is 0 Å². The molecule has 196 valence electrons. The van der Waals surface area contributed by atoms with Crippen molar-refractivity contribution in [3.8, 4) is 0 Å². The highest BCUT2D eigenvalue weighted by atomic mass is 35.5. The number of allylic oxidation sites excluding steroid dienone is 1. The van der Waals surface area contributed by atoms with Crippen LogP contribution >= 0.6 is 11.6 Å². The maximum Gasteiger partial charge on any atom is 0.218 e. The molecule has 0 amide bonds. The summed E-state index contributed by atoms with van der Waals surface area (Å²) in [6, 6.07) is 33.2. The Bertz CT molecular complexity index is 1450. The Morgan fingerprint density at radius 3 is 1.41 bits per heavy atom. The van der Waals surface area contributed by atoms with Gasteiger partial charge in [-0.3, -0.25) is 4.79 Å². The Balaban J connectivity index is 0.000000160. The van der Waals surface area contributed by atoms with Crippen molar-refractivity contribution in [3.63, 3.8) is 0 Å². The molecule has 2 aliphatic carbocycles. The number of hydrogen-bond acceptors (Lipinski definition) is 2. The molecule has 1 N–H and O–H groups in total. The van der Waals surface area contributed by atoms with Crippen LogP contribution in [0.25, 0.3) is 29.9 Å².